The molecule has 1 aromatic rings. The summed E-state index contributed by atoms with van der Waals surface area (Å²) in [5, 5.41) is 11.9. The third-order valence-corrected chi connectivity index (χ3v) is 6.06. The first-order valence-electron chi connectivity index (χ1n) is 10.9. The van der Waals surface area contributed by atoms with Gasteiger partial charge in [-0.25, -0.2) is 5.11 Å². The molecule has 1 radical (unpaired) electrons. The van der Waals surface area contributed by atoms with Gasteiger partial charge in [-0.05, 0) is 19.1 Å². The first-order chi connectivity index (χ1) is 20.4. The monoisotopic (exact) mass is 775 g/mol. The van der Waals surface area contributed by atoms with Crippen molar-refractivity contribution in [2.24, 2.45) is 0 Å². The van der Waals surface area contributed by atoms with Crippen LogP contribution in [0.25, 0.3) is 0 Å². The smallest absolute Gasteiger partial charge is 0.228 e. The van der Waals surface area contributed by atoms with Gasteiger partial charge in [0, 0.05) is 22.3 Å². The van der Waals surface area contributed by atoms with Crippen LogP contribution in [0.15, 0.2) is 12.1 Å². The summed E-state index contributed by atoms with van der Waals surface area (Å²) in [5.41, 5.74) is -17.2. The maximum Gasteiger partial charge on any atom is 0.460 e. The highest BCUT2D eigenvalue weighted by molar-refractivity contribution is 5.49. The number of hydrogen-bond donors (Lipinski definition) is 0. The second-order valence-electron chi connectivity index (χ2n) is 9.29. The van der Waals surface area contributed by atoms with E-state index in [0.717, 1.165) is 0 Å². The SMILES string of the molecule is CC([O])c1c(C(F)(F)C(F)(F)C(F)(F)C(F)(F)F)cc(C(F)(F)C(F)(F)C(F)(F)C(F)(F)F)cc1C(F)(F)C(F)(F)C(F)(F)C(F)(F)F. The quantitative estimate of drug-likeness (QED) is 0.211. The van der Waals surface area contributed by atoms with Crippen molar-refractivity contribution < 1.29 is 124 Å². The van der Waals surface area contributed by atoms with E-state index in [9.17, 15) is 124 Å². The molecule has 1 atom stereocenters. The highest BCUT2D eigenvalue weighted by Gasteiger charge is 2.86. The molecule has 0 saturated heterocycles. The van der Waals surface area contributed by atoms with E-state index in [2.05, 4.69) is 0 Å². The van der Waals surface area contributed by atoms with Crippen molar-refractivity contribution in [1.29, 1.82) is 0 Å². The van der Waals surface area contributed by atoms with Gasteiger partial charge in [0.25, 0.3) is 0 Å². The molecule has 0 aliphatic heterocycles. The fraction of sp³-hybridized carbons (Fsp3) is 0.700. The Bertz CT molecular complexity index is 1270. The van der Waals surface area contributed by atoms with Crippen LogP contribution in [0.4, 0.5) is 119 Å². The van der Waals surface area contributed by atoms with Crippen LogP contribution in [0.5, 0.6) is 0 Å². The van der Waals surface area contributed by atoms with E-state index in [1.54, 1.807) is 0 Å². The number of hydrogen-bond acceptors (Lipinski definition) is 0. The molecule has 0 spiro atoms. The van der Waals surface area contributed by atoms with Gasteiger partial charge in [0.15, 0.2) is 0 Å². The lowest BCUT2D eigenvalue weighted by Crippen LogP contribution is -2.61. The number of halogens is 27. The Hall–Kier alpha value is -2.71. The van der Waals surface area contributed by atoms with E-state index >= 15 is 0 Å². The zero-order chi connectivity index (χ0) is 39.3. The minimum Gasteiger partial charge on any atom is -0.228 e. The summed E-state index contributed by atoms with van der Waals surface area (Å²) >= 11 is 0. The minimum absolute atomic E-state index is 0.682. The average Bonchev–Trinajstić information content (AvgIpc) is 2.84. The molecule has 1 rings (SSSR count). The van der Waals surface area contributed by atoms with E-state index in [4.69, 9.17) is 0 Å². The van der Waals surface area contributed by atoms with Crippen molar-refractivity contribution in [2.75, 3.05) is 0 Å². The fourth-order valence-electron chi connectivity index (χ4n) is 3.44. The van der Waals surface area contributed by atoms with Crippen LogP contribution in [0.1, 0.15) is 35.3 Å². The molecule has 1 aromatic carbocycles. The first-order valence-corrected chi connectivity index (χ1v) is 10.9. The molecular weight excluding hydrogens is 769 g/mol. The van der Waals surface area contributed by atoms with Gasteiger partial charge in [0.2, 0.25) is 0 Å². The molecule has 0 aromatic heterocycles. The Kier molecular flexibility index (Phi) is 10.1. The van der Waals surface area contributed by atoms with Crippen LogP contribution in [0, 0.1) is 0 Å². The van der Waals surface area contributed by atoms with Gasteiger partial charge in [-0.15, -0.1) is 0 Å². The van der Waals surface area contributed by atoms with Crippen molar-refractivity contribution in [1.82, 2.24) is 0 Å². The number of alkyl halides is 27. The second kappa shape index (κ2) is 11.1. The third-order valence-electron chi connectivity index (χ3n) is 6.06. The predicted molar refractivity (Wildman–Crippen MR) is 95.1 cm³/mol. The van der Waals surface area contributed by atoms with E-state index in [0.29, 0.717) is 0 Å². The largest absolute Gasteiger partial charge is 0.460 e. The molecule has 0 heterocycles. The van der Waals surface area contributed by atoms with Crippen LogP contribution in [-0.4, -0.2) is 54.1 Å². The Morgan fingerprint density at radius 3 is 0.771 bits per heavy atom. The normalized spacial score (nSPS) is 16.8. The van der Waals surface area contributed by atoms with Crippen LogP contribution in [0.2, 0.25) is 0 Å². The molecular formula is C20H6F27O. The lowest BCUT2D eigenvalue weighted by molar-refractivity contribution is -0.402. The average molecular weight is 775 g/mol. The maximum atomic E-state index is 14.8. The zero-order valence-electron chi connectivity index (χ0n) is 21.3. The summed E-state index contributed by atoms with van der Waals surface area (Å²) in [5.74, 6) is -74.4. The summed E-state index contributed by atoms with van der Waals surface area (Å²) in [6.45, 7) is -0.682. The molecule has 0 saturated carbocycles. The van der Waals surface area contributed by atoms with Gasteiger partial charge in [-0.2, -0.15) is 119 Å². The maximum absolute atomic E-state index is 14.8. The van der Waals surface area contributed by atoms with Crippen molar-refractivity contribution in [3.8, 4) is 0 Å². The van der Waals surface area contributed by atoms with Crippen molar-refractivity contribution in [3.05, 3.63) is 34.4 Å². The number of rotatable bonds is 10. The van der Waals surface area contributed by atoms with Gasteiger partial charge in [0.1, 0.15) is 6.10 Å². The second-order valence-corrected chi connectivity index (χ2v) is 9.29. The Balaban J connectivity index is 4.77. The van der Waals surface area contributed by atoms with Gasteiger partial charge in [0.05, 0.1) is 0 Å². The summed E-state index contributed by atoms with van der Waals surface area (Å²) in [6.07, 6.45) is -28.2. The highest BCUT2D eigenvalue weighted by Crippen LogP contribution is 2.63. The fourth-order valence-corrected chi connectivity index (χ4v) is 3.44. The highest BCUT2D eigenvalue weighted by atomic mass is 19.4. The molecule has 0 aliphatic rings. The lowest BCUT2D eigenvalue weighted by Gasteiger charge is -2.39. The van der Waals surface area contributed by atoms with Gasteiger partial charge >= 0.3 is 71.8 Å². The van der Waals surface area contributed by atoms with Gasteiger partial charge in [-0.3, -0.25) is 0 Å². The van der Waals surface area contributed by atoms with Crippen LogP contribution in [0.3, 0.4) is 0 Å². The van der Waals surface area contributed by atoms with Crippen molar-refractivity contribution >= 4 is 0 Å². The van der Waals surface area contributed by atoms with Crippen molar-refractivity contribution in [3.63, 3.8) is 0 Å². The molecule has 0 amide bonds. The molecule has 281 valence electrons. The van der Waals surface area contributed by atoms with E-state index in [1.807, 2.05) is 0 Å². The Morgan fingerprint density at radius 2 is 0.583 bits per heavy atom. The molecule has 1 unspecified atom stereocenters. The standard InChI is InChI=1S/C20H6F27O/c1-4(48)8-6(10(23,24)13(29,30)16(35,36)19(42,43)44)2-5(9(21,22)12(27,28)15(33,34)18(39,40)41)3-7(8)11(25,26)14(31,32)17(37,38)20(45,46)47/h2-4H,1H3. The molecule has 0 bridgehead atoms. The summed E-state index contributed by atoms with van der Waals surface area (Å²) < 4.78 is 365. The Labute approximate surface area is 244 Å². The molecule has 0 fully saturated rings. The van der Waals surface area contributed by atoms with E-state index in [-0.39, 0.29) is 0 Å². The summed E-state index contributed by atoms with van der Waals surface area (Å²) in [6, 6.07) is -4.69. The first kappa shape index (κ1) is 43.3. The summed E-state index contributed by atoms with van der Waals surface area (Å²) in [4.78, 5) is 0. The van der Waals surface area contributed by atoms with Crippen LogP contribution < -0.4 is 0 Å². The third kappa shape index (κ3) is 5.73. The van der Waals surface area contributed by atoms with E-state index in [1.165, 1.54) is 0 Å². The predicted octanol–water partition coefficient (Wildman–Crippen LogP) is 11.0. The van der Waals surface area contributed by atoms with Crippen molar-refractivity contribution in [2.45, 2.75) is 84.9 Å². The molecule has 48 heavy (non-hydrogen) atoms. The molecule has 0 N–H and O–H groups in total. The van der Waals surface area contributed by atoms with Crippen LogP contribution >= 0.6 is 0 Å². The lowest BCUT2D eigenvalue weighted by atomic mass is 9.81. The molecule has 1 nitrogen and oxygen atoms in total. The molecule has 28 heteroatoms. The minimum atomic E-state index is -8.46. The van der Waals surface area contributed by atoms with Gasteiger partial charge in [-0.1, -0.05) is 0 Å². The summed E-state index contributed by atoms with van der Waals surface area (Å²) in [7, 11) is 0. The Morgan fingerprint density at radius 1 is 0.375 bits per heavy atom. The van der Waals surface area contributed by atoms with Crippen LogP contribution in [-0.2, 0) is 22.9 Å². The van der Waals surface area contributed by atoms with E-state index < -0.39 is 119 Å². The topological polar surface area (TPSA) is 19.9 Å². The van der Waals surface area contributed by atoms with Gasteiger partial charge < -0.3 is 0 Å². The number of benzene rings is 1. The molecule has 0 aliphatic carbocycles. The zero-order valence-corrected chi connectivity index (χ0v) is 21.3.